The number of carbonyl (C=O) groups is 1. The molecule has 28 heavy (non-hydrogen) atoms. The molecule has 5 aliphatic rings. The van der Waals surface area contributed by atoms with Crippen molar-refractivity contribution in [3.8, 4) is 0 Å². The van der Waals surface area contributed by atoms with Crippen LogP contribution in [0.3, 0.4) is 0 Å². The molecule has 2 saturated carbocycles. The van der Waals surface area contributed by atoms with Gasteiger partial charge in [-0.3, -0.25) is 9.69 Å². The van der Waals surface area contributed by atoms with Crippen molar-refractivity contribution in [2.24, 2.45) is 23.7 Å². The van der Waals surface area contributed by atoms with Gasteiger partial charge in [0.15, 0.2) is 0 Å². The highest BCUT2D eigenvalue weighted by Gasteiger charge is 2.77. The van der Waals surface area contributed by atoms with E-state index in [4.69, 9.17) is 9.47 Å². The molecule has 7 atom stereocenters. The Bertz CT molecular complexity index is 824. The van der Waals surface area contributed by atoms with E-state index >= 15 is 0 Å². The van der Waals surface area contributed by atoms with Crippen LogP contribution in [0.1, 0.15) is 50.7 Å². The van der Waals surface area contributed by atoms with E-state index in [0.717, 1.165) is 45.3 Å². The Hall–Kier alpha value is -1.39. The number of esters is 1. The van der Waals surface area contributed by atoms with E-state index in [9.17, 15) is 4.79 Å². The molecular formula is C24H31NO3. The minimum absolute atomic E-state index is 0.00631. The van der Waals surface area contributed by atoms with Gasteiger partial charge >= 0.3 is 5.97 Å². The third-order valence-electron chi connectivity index (χ3n) is 8.76. The van der Waals surface area contributed by atoms with E-state index in [0.29, 0.717) is 17.8 Å². The lowest BCUT2D eigenvalue weighted by Gasteiger charge is -2.50. The van der Waals surface area contributed by atoms with Crippen molar-refractivity contribution in [3.63, 3.8) is 0 Å². The second kappa shape index (κ2) is 5.82. The van der Waals surface area contributed by atoms with Crippen molar-refractivity contribution in [2.75, 3.05) is 13.1 Å². The summed E-state index contributed by atoms with van der Waals surface area (Å²) in [4.78, 5) is 15.7. The first-order chi connectivity index (χ1) is 13.5. The highest BCUT2D eigenvalue weighted by atomic mass is 16.7. The van der Waals surface area contributed by atoms with Crippen molar-refractivity contribution >= 4 is 5.97 Å². The maximum absolute atomic E-state index is 13.2. The molecule has 0 radical (unpaired) electrons. The van der Waals surface area contributed by atoms with Crippen LogP contribution in [-0.4, -0.2) is 41.3 Å². The number of epoxide rings is 1. The average molecular weight is 382 g/mol. The molecular weight excluding hydrogens is 350 g/mol. The fraction of sp³-hybridized carbons (Fsp3) is 0.708. The predicted octanol–water partition coefficient (Wildman–Crippen LogP) is 3.57. The van der Waals surface area contributed by atoms with Crippen LogP contribution < -0.4 is 0 Å². The van der Waals surface area contributed by atoms with Gasteiger partial charge in [-0.05, 0) is 56.1 Å². The summed E-state index contributed by atoms with van der Waals surface area (Å²) in [7, 11) is 0. The molecule has 3 heterocycles. The van der Waals surface area contributed by atoms with Gasteiger partial charge in [-0.1, -0.05) is 31.2 Å². The van der Waals surface area contributed by atoms with Crippen LogP contribution in [0.4, 0.5) is 0 Å². The van der Waals surface area contributed by atoms with Crippen LogP contribution in [0, 0.1) is 23.7 Å². The molecule has 1 unspecified atom stereocenters. The first kappa shape index (κ1) is 17.5. The van der Waals surface area contributed by atoms with Crippen LogP contribution in [0.2, 0.25) is 0 Å². The van der Waals surface area contributed by atoms with Gasteiger partial charge in [-0.2, -0.15) is 0 Å². The number of benzene rings is 1. The van der Waals surface area contributed by atoms with Gasteiger partial charge in [0.25, 0.3) is 0 Å². The zero-order valence-electron chi connectivity index (χ0n) is 17.0. The quantitative estimate of drug-likeness (QED) is 0.580. The maximum Gasteiger partial charge on any atom is 0.311 e. The zero-order valence-corrected chi connectivity index (χ0v) is 17.0. The lowest BCUT2D eigenvalue weighted by atomic mass is 9.55. The largest absolute Gasteiger partial charge is 0.455 e. The van der Waals surface area contributed by atoms with Crippen molar-refractivity contribution < 1.29 is 14.3 Å². The molecule has 4 fully saturated rings. The summed E-state index contributed by atoms with van der Waals surface area (Å²) in [5.74, 6) is 1.47. The van der Waals surface area contributed by atoms with Crippen molar-refractivity contribution in [1.29, 1.82) is 0 Å². The van der Waals surface area contributed by atoms with Gasteiger partial charge in [-0.15, -0.1) is 0 Å². The Kier molecular flexibility index (Phi) is 3.63. The number of hydrogen-bond donors (Lipinski definition) is 0. The summed E-state index contributed by atoms with van der Waals surface area (Å²) in [5, 5.41) is 0. The molecule has 3 aliphatic heterocycles. The fourth-order valence-electron chi connectivity index (χ4n) is 7.25. The molecule has 0 bridgehead atoms. The number of hydrogen-bond acceptors (Lipinski definition) is 4. The lowest BCUT2D eigenvalue weighted by Crippen LogP contribution is -2.58. The molecule has 1 aromatic rings. The van der Waals surface area contributed by atoms with E-state index < -0.39 is 0 Å². The van der Waals surface area contributed by atoms with Crippen molar-refractivity contribution in [2.45, 2.75) is 69.8 Å². The number of ether oxygens (including phenoxy) is 2. The summed E-state index contributed by atoms with van der Waals surface area (Å²) < 4.78 is 12.6. The molecule has 4 nitrogen and oxygen atoms in total. The monoisotopic (exact) mass is 381 g/mol. The van der Waals surface area contributed by atoms with Crippen LogP contribution in [-0.2, 0) is 27.2 Å². The van der Waals surface area contributed by atoms with E-state index in [1.807, 2.05) is 0 Å². The Morgan fingerprint density at radius 1 is 1.14 bits per heavy atom. The number of rotatable bonds is 2. The number of nitrogens with zero attached hydrogens (tertiary/aromatic N) is 1. The predicted molar refractivity (Wildman–Crippen MR) is 106 cm³/mol. The number of carbonyl (C=O) groups excluding carboxylic acids is 1. The summed E-state index contributed by atoms with van der Waals surface area (Å²) in [6.07, 6.45) is 5.79. The van der Waals surface area contributed by atoms with Crippen molar-refractivity contribution in [3.05, 3.63) is 35.4 Å². The highest BCUT2D eigenvalue weighted by molar-refractivity contribution is 5.77. The first-order valence-corrected chi connectivity index (χ1v) is 11.2. The summed E-state index contributed by atoms with van der Waals surface area (Å²) in [6.45, 7) is 7.41. The van der Waals surface area contributed by atoms with E-state index in [-0.39, 0.29) is 29.2 Å². The molecule has 1 spiro atoms. The normalized spacial score (nSPS) is 46.8. The summed E-state index contributed by atoms with van der Waals surface area (Å²) >= 11 is 0. The third-order valence-corrected chi connectivity index (χ3v) is 8.76. The van der Waals surface area contributed by atoms with Gasteiger partial charge in [-0.25, -0.2) is 0 Å². The van der Waals surface area contributed by atoms with E-state index in [1.54, 1.807) is 0 Å². The van der Waals surface area contributed by atoms with E-state index in [1.165, 1.54) is 17.5 Å². The Balaban J connectivity index is 1.28. The Morgan fingerprint density at radius 2 is 1.96 bits per heavy atom. The van der Waals surface area contributed by atoms with Gasteiger partial charge < -0.3 is 9.47 Å². The molecule has 4 heteroatoms. The molecule has 2 aliphatic carbocycles. The van der Waals surface area contributed by atoms with Gasteiger partial charge in [0.2, 0.25) is 0 Å². The second-order valence-corrected chi connectivity index (χ2v) is 10.3. The molecule has 0 N–H and O–H groups in total. The topological polar surface area (TPSA) is 42.1 Å². The molecule has 6 rings (SSSR count). The standard InChI is InChI=1S/C24H31NO3/c1-15-7-8-20-18(14-25-12-10-16-5-3-4-6-17(16)13-25)21(26)27-24(20)19(15)9-11-23(2)22(24)28-23/h3-6,15,18-20,22H,7-14H2,1-2H3/t15-,18?,19+,20+,22-,23-,24-/m1/s1. The van der Waals surface area contributed by atoms with Crippen LogP contribution in [0.15, 0.2) is 24.3 Å². The van der Waals surface area contributed by atoms with Crippen LogP contribution in [0.5, 0.6) is 0 Å². The molecule has 150 valence electrons. The fourth-order valence-corrected chi connectivity index (χ4v) is 7.25. The second-order valence-electron chi connectivity index (χ2n) is 10.3. The van der Waals surface area contributed by atoms with Gasteiger partial charge in [0.05, 0.1) is 11.5 Å². The Morgan fingerprint density at radius 3 is 2.82 bits per heavy atom. The summed E-state index contributed by atoms with van der Waals surface area (Å²) in [5.41, 5.74) is 2.48. The SMILES string of the molecule is C[C@@H]1CC[C@H]2C(CN3CCc4ccccc4C3)C(=O)O[C@]23[C@H]1CC[C@@]1(C)O[C@@H]31. The summed E-state index contributed by atoms with van der Waals surface area (Å²) in [6, 6.07) is 8.73. The van der Waals surface area contributed by atoms with Crippen LogP contribution >= 0.6 is 0 Å². The van der Waals surface area contributed by atoms with Gasteiger partial charge in [0, 0.05) is 31.5 Å². The average Bonchev–Trinajstić information content (AvgIpc) is 3.32. The van der Waals surface area contributed by atoms with Gasteiger partial charge in [0.1, 0.15) is 11.7 Å². The Labute approximate surface area is 167 Å². The molecule has 1 aromatic carbocycles. The van der Waals surface area contributed by atoms with Crippen molar-refractivity contribution in [1.82, 2.24) is 4.90 Å². The number of fused-ring (bicyclic) bond motifs is 2. The highest BCUT2D eigenvalue weighted by Crippen LogP contribution is 2.66. The maximum atomic E-state index is 13.2. The molecule has 0 amide bonds. The molecule has 0 aromatic heterocycles. The molecule has 2 saturated heterocycles. The van der Waals surface area contributed by atoms with Crippen LogP contribution in [0.25, 0.3) is 0 Å². The smallest absolute Gasteiger partial charge is 0.311 e. The van der Waals surface area contributed by atoms with E-state index in [2.05, 4.69) is 43.0 Å². The third kappa shape index (κ3) is 2.28. The minimum atomic E-state index is -0.347. The zero-order chi connectivity index (χ0) is 19.1. The minimum Gasteiger partial charge on any atom is -0.455 e. The lowest BCUT2D eigenvalue weighted by molar-refractivity contribution is -0.168. The first-order valence-electron chi connectivity index (χ1n) is 11.2.